The van der Waals surface area contributed by atoms with Gasteiger partial charge in [-0.05, 0) is 26.4 Å². The van der Waals surface area contributed by atoms with Crippen molar-refractivity contribution in [1.82, 2.24) is 10.2 Å². The van der Waals surface area contributed by atoms with Crippen LogP contribution in [0.4, 0.5) is 13.2 Å². The van der Waals surface area contributed by atoms with Crippen LogP contribution in [0, 0.1) is 0 Å². The average Bonchev–Trinajstić information content (AvgIpc) is 2.28. The van der Waals surface area contributed by atoms with Crippen LogP contribution >= 0.6 is 0 Å². The lowest BCUT2D eigenvalue weighted by atomic mass is 10.1. The van der Waals surface area contributed by atoms with Crippen LogP contribution in [-0.4, -0.2) is 43.7 Å². The van der Waals surface area contributed by atoms with Crippen molar-refractivity contribution in [2.45, 2.75) is 25.4 Å². The third kappa shape index (κ3) is 4.38. The van der Waals surface area contributed by atoms with E-state index in [2.05, 4.69) is 5.32 Å². The Morgan fingerprint density at radius 3 is 2.71 bits per heavy atom. The van der Waals surface area contributed by atoms with E-state index < -0.39 is 11.7 Å². The third-order valence-corrected chi connectivity index (χ3v) is 2.74. The monoisotopic (exact) mass is 250 g/mol. The molecular formula is C11H17F3N2O. The van der Waals surface area contributed by atoms with Crippen LogP contribution in [0.3, 0.4) is 0 Å². The predicted molar refractivity (Wildman–Crippen MR) is 58.5 cm³/mol. The Kier molecular flexibility index (Phi) is 4.99. The third-order valence-electron chi connectivity index (χ3n) is 2.74. The lowest BCUT2D eigenvalue weighted by Gasteiger charge is -2.27. The smallest absolute Gasteiger partial charge is 0.339 e. The second-order valence-electron chi connectivity index (χ2n) is 4.02. The summed E-state index contributed by atoms with van der Waals surface area (Å²) in [5, 5.41) is 2.92. The Bertz CT molecular complexity index is 300. The van der Waals surface area contributed by atoms with Crippen LogP contribution in [0.15, 0.2) is 11.6 Å². The number of nitrogens with zero attached hydrogens (tertiary/aromatic N) is 1. The zero-order valence-corrected chi connectivity index (χ0v) is 9.81. The summed E-state index contributed by atoms with van der Waals surface area (Å²) in [6, 6.07) is 0. The van der Waals surface area contributed by atoms with Gasteiger partial charge >= 0.3 is 6.18 Å². The lowest BCUT2D eigenvalue weighted by Crippen LogP contribution is -2.36. The summed E-state index contributed by atoms with van der Waals surface area (Å²) in [7, 11) is 1.80. The maximum atomic E-state index is 12.3. The average molecular weight is 250 g/mol. The largest absolute Gasteiger partial charge is 0.412 e. The van der Waals surface area contributed by atoms with Crippen LogP contribution in [0.2, 0.25) is 0 Å². The molecule has 0 unspecified atom stereocenters. The first-order chi connectivity index (χ1) is 7.95. The molecule has 1 rings (SSSR count). The Hall–Kier alpha value is -1.04. The number of rotatable bonds is 4. The second kappa shape index (κ2) is 6.05. The van der Waals surface area contributed by atoms with E-state index in [1.165, 1.54) is 4.90 Å². The number of alkyl halides is 3. The van der Waals surface area contributed by atoms with Gasteiger partial charge in [-0.1, -0.05) is 6.08 Å². The molecule has 3 nitrogen and oxygen atoms in total. The maximum absolute atomic E-state index is 12.3. The van der Waals surface area contributed by atoms with E-state index in [1.807, 2.05) is 0 Å². The normalized spacial score (nSPS) is 16.9. The Morgan fingerprint density at radius 2 is 2.24 bits per heavy atom. The van der Waals surface area contributed by atoms with E-state index in [0.717, 1.165) is 12.6 Å². The first-order valence-electron chi connectivity index (χ1n) is 5.63. The summed E-state index contributed by atoms with van der Waals surface area (Å²) in [6.45, 7) is 0.986. The molecular weight excluding hydrogens is 233 g/mol. The highest BCUT2D eigenvalue weighted by molar-refractivity contribution is 5.76. The molecule has 1 amide bonds. The van der Waals surface area contributed by atoms with Gasteiger partial charge in [0, 0.05) is 25.1 Å². The molecule has 0 bridgehead atoms. The molecule has 0 spiro atoms. The SMILES string of the molecule is CNCCCC(=O)N1CC=C(C(F)(F)F)CC1. The summed E-state index contributed by atoms with van der Waals surface area (Å²) in [5.41, 5.74) is -0.517. The molecule has 0 atom stereocenters. The molecule has 0 aromatic heterocycles. The van der Waals surface area contributed by atoms with Crippen LogP contribution < -0.4 is 5.32 Å². The van der Waals surface area contributed by atoms with Gasteiger partial charge in [0.1, 0.15) is 0 Å². The number of hydrogen-bond acceptors (Lipinski definition) is 2. The number of amides is 1. The van der Waals surface area contributed by atoms with Crippen molar-refractivity contribution in [2.24, 2.45) is 0 Å². The van der Waals surface area contributed by atoms with Crippen molar-refractivity contribution < 1.29 is 18.0 Å². The second-order valence-corrected chi connectivity index (χ2v) is 4.02. The highest BCUT2D eigenvalue weighted by atomic mass is 19.4. The zero-order valence-electron chi connectivity index (χ0n) is 9.81. The fraction of sp³-hybridized carbons (Fsp3) is 0.727. The summed E-state index contributed by atoms with van der Waals surface area (Å²) in [5.74, 6) is -0.0716. The molecule has 17 heavy (non-hydrogen) atoms. The van der Waals surface area contributed by atoms with E-state index >= 15 is 0 Å². The molecule has 98 valence electrons. The fourth-order valence-corrected chi connectivity index (χ4v) is 1.73. The molecule has 0 radical (unpaired) electrons. The molecule has 0 aliphatic carbocycles. The lowest BCUT2D eigenvalue weighted by molar-refractivity contribution is -0.132. The van der Waals surface area contributed by atoms with E-state index in [-0.39, 0.29) is 25.4 Å². The molecule has 6 heteroatoms. The van der Waals surface area contributed by atoms with Crippen molar-refractivity contribution in [2.75, 3.05) is 26.7 Å². The van der Waals surface area contributed by atoms with Crippen LogP contribution in [0.5, 0.6) is 0 Å². The van der Waals surface area contributed by atoms with Crippen LogP contribution in [0.25, 0.3) is 0 Å². The molecule has 0 saturated heterocycles. The van der Waals surface area contributed by atoms with E-state index in [9.17, 15) is 18.0 Å². The van der Waals surface area contributed by atoms with Crippen molar-refractivity contribution >= 4 is 5.91 Å². The Balaban J connectivity index is 2.41. The number of halogens is 3. The standard InChI is InChI=1S/C11H17F3N2O/c1-15-6-2-3-10(17)16-7-4-9(5-8-16)11(12,13)14/h4,15H,2-3,5-8H2,1H3. The van der Waals surface area contributed by atoms with Gasteiger partial charge < -0.3 is 10.2 Å². The zero-order chi connectivity index (χ0) is 12.9. The maximum Gasteiger partial charge on any atom is 0.412 e. The first kappa shape index (κ1) is 14.0. The highest BCUT2D eigenvalue weighted by Gasteiger charge is 2.35. The summed E-state index contributed by atoms with van der Waals surface area (Å²) < 4.78 is 37.0. The first-order valence-corrected chi connectivity index (χ1v) is 5.63. The highest BCUT2D eigenvalue weighted by Crippen LogP contribution is 2.30. The molecule has 1 N–H and O–H groups in total. The molecule has 0 aromatic carbocycles. The molecule has 0 aromatic rings. The molecule has 0 saturated carbocycles. The molecule has 0 fully saturated rings. The summed E-state index contributed by atoms with van der Waals surface area (Å²) >= 11 is 0. The van der Waals surface area contributed by atoms with Gasteiger partial charge in [-0.25, -0.2) is 0 Å². The van der Waals surface area contributed by atoms with Gasteiger partial charge in [-0.3, -0.25) is 4.79 Å². The van der Waals surface area contributed by atoms with Gasteiger partial charge in [0.05, 0.1) is 0 Å². The fourth-order valence-electron chi connectivity index (χ4n) is 1.73. The minimum atomic E-state index is -4.25. The van der Waals surface area contributed by atoms with Crippen molar-refractivity contribution in [3.05, 3.63) is 11.6 Å². The van der Waals surface area contributed by atoms with Crippen molar-refractivity contribution in [1.29, 1.82) is 0 Å². The molecule has 1 aliphatic heterocycles. The quantitative estimate of drug-likeness (QED) is 0.608. The van der Waals surface area contributed by atoms with Gasteiger partial charge in [0.15, 0.2) is 0 Å². The van der Waals surface area contributed by atoms with E-state index in [4.69, 9.17) is 0 Å². The minimum absolute atomic E-state index is 0.0716. The molecule has 1 heterocycles. The topological polar surface area (TPSA) is 32.3 Å². The van der Waals surface area contributed by atoms with Gasteiger partial charge in [-0.15, -0.1) is 0 Å². The number of hydrogen-bond donors (Lipinski definition) is 1. The number of carbonyl (C=O) groups is 1. The van der Waals surface area contributed by atoms with Crippen LogP contribution in [0.1, 0.15) is 19.3 Å². The van der Waals surface area contributed by atoms with Gasteiger partial charge in [0.25, 0.3) is 0 Å². The van der Waals surface area contributed by atoms with Crippen molar-refractivity contribution in [3.63, 3.8) is 0 Å². The summed E-state index contributed by atoms with van der Waals surface area (Å²) in [6.07, 6.45) is -2.14. The Labute approximate surface area is 98.7 Å². The predicted octanol–water partition coefficient (Wildman–Crippen LogP) is 1.71. The number of nitrogens with one attached hydrogen (secondary N) is 1. The van der Waals surface area contributed by atoms with Crippen molar-refractivity contribution in [3.8, 4) is 0 Å². The summed E-state index contributed by atoms with van der Waals surface area (Å²) in [4.78, 5) is 13.1. The number of carbonyl (C=O) groups excluding carboxylic acids is 1. The van der Waals surface area contributed by atoms with Gasteiger partial charge in [-0.2, -0.15) is 13.2 Å². The van der Waals surface area contributed by atoms with E-state index in [1.54, 1.807) is 7.05 Å². The van der Waals surface area contributed by atoms with E-state index in [0.29, 0.717) is 12.8 Å². The minimum Gasteiger partial charge on any atom is -0.339 e. The Morgan fingerprint density at radius 1 is 1.53 bits per heavy atom. The van der Waals surface area contributed by atoms with Crippen LogP contribution in [-0.2, 0) is 4.79 Å². The van der Waals surface area contributed by atoms with Gasteiger partial charge in [0.2, 0.25) is 5.91 Å². The molecule has 1 aliphatic rings.